The molecule has 3 nitrogen and oxygen atoms in total. The zero-order chi connectivity index (χ0) is 17.8. The molecular weight excluding hydrogens is 330 g/mol. The minimum Gasteiger partial charge on any atom is -0.358 e. The summed E-state index contributed by atoms with van der Waals surface area (Å²) in [6, 6.07) is 19.2. The highest BCUT2D eigenvalue weighted by Crippen LogP contribution is 2.46. The van der Waals surface area contributed by atoms with E-state index in [0.717, 1.165) is 19.1 Å². The van der Waals surface area contributed by atoms with Gasteiger partial charge in [-0.1, -0.05) is 42.5 Å². The lowest BCUT2D eigenvalue weighted by atomic mass is 9.97. The van der Waals surface area contributed by atoms with Crippen LogP contribution in [0.15, 0.2) is 48.5 Å². The number of benzene rings is 2. The van der Waals surface area contributed by atoms with Crippen molar-refractivity contribution in [2.45, 2.75) is 50.9 Å². The molecule has 3 heteroatoms. The highest BCUT2D eigenvalue weighted by atomic mass is 15.2. The molecule has 1 saturated heterocycles. The smallest absolute Gasteiger partial charge is 0.0459 e. The van der Waals surface area contributed by atoms with Gasteiger partial charge in [0.05, 0.1) is 0 Å². The minimum atomic E-state index is 0.630. The predicted octanol–water partition coefficient (Wildman–Crippen LogP) is 4.64. The van der Waals surface area contributed by atoms with Crippen LogP contribution >= 0.6 is 0 Å². The van der Waals surface area contributed by atoms with E-state index in [1.165, 1.54) is 66.5 Å². The average Bonchev–Trinajstić information content (AvgIpc) is 3.34. The Morgan fingerprint density at radius 2 is 1.67 bits per heavy atom. The summed E-state index contributed by atoms with van der Waals surface area (Å²) in [6.07, 6.45) is 5.17. The van der Waals surface area contributed by atoms with Crippen LogP contribution in [0.2, 0.25) is 0 Å². The molecule has 138 valence electrons. The van der Waals surface area contributed by atoms with Gasteiger partial charge in [-0.15, -0.1) is 0 Å². The normalized spacial score (nSPS) is 24.4. The summed E-state index contributed by atoms with van der Waals surface area (Å²) in [5.41, 5.74) is 7.49. The van der Waals surface area contributed by atoms with Crippen LogP contribution < -0.4 is 0 Å². The fraction of sp³-hybridized carbons (Fsp3) is 0.417. The Kier molecular flexibility index (Phi) is 3.66. The predicted molar refractivity (Wildman–Crippen MR) is 110 cm³/mol. The SMILES string of the molecule is c1ccc2c(c1)CN(CCCN1C3CCC1c1c([nH]c4ccccc14)C3)C2. The zero-order valence-corrected chi connectivity index (χ0v) is 15.8. The Hall–Kier alpha value is -2.10. The van der Waals surface area contributed by atoms with E-state index in [0.29, 0.717) is 6.04 Å². The van der Waals surface area contributed by atoms with Gasteiger partial charge in [-0.2, -0.15) is 0 Å². The number of nitrogens with zero attached hydrogens (tertiary/aromatic N) is 2. The first-order chi connectivity index (χ1) is 13.4. The van der Waals surface area contributed by atoms with E-state index in [4.69, 9.17) is 0 Å². The number of H-pyrrole nitrogens is 1. The Balaban J connectivity index is 1.16. The third-order valence-corrected chi connectivity index (χ3v) is 7.04. The maximum atomic E-state index is 3.71. The molecule has 0 radical (unpaired) electrons. The van der Waals surface area contributed by atoms with Gasteiger partial charge in [0.15, 0.2) is 0 Å². The van der Waals surface area contributed by atoms with Gasteiger partial charge in [-0.05, 0) is 42.0 Å². The molecule has 2 bridgehead atoms. The van der Waals surface area contributed by atoms with Crippen LogP contribution in [0.4, 0.5) is 0 Å². The second-order valence-electron chi connectivity index (χ2n) is 8.58. The number of hydrogen-bond donors (Lipinski definition) is 1. The second kappa shape index (κ2) is 6.22. The Morgan fingerprint density at radius 1 is 0.889 bits per heavy atom. The first-order valence-electron chi connectivity index (χ1n) is 10.5. The number of aromatic nitrogens is 1. The quantitative estimate of drug-likeness (QED) is 0.735. The van der Waals surface area contributed by atoms with Crippen molar-refractivity contribution >= 4 is 10.9 Å². The first kappa shape index (κ1) is 15.9. The van der Waals surface area contributed by atoms with Crippen molar-refractivity contribution in [3.05, 3.63) is 70.9 Å². The highest BCUT2D eigenvalue weighted by molar-refractivity contribution is 5.85. The van der Waals surface area contributed by atoms with Gasteiger partial charge in [0, 0.05) is 61.3 Å². The van der Waals surface area contributed by atoms with E-state index in [2.05, 4.69) is 63.3 Å². The van der Waals surface area contributed by atoms with E-state index in [1.807, 2.05) is 0 Å². The van der Waals surface area contributed by atoms with Crippen molar-refractivity contribution in [1.29, 1.82) is 0 Å². The van der Waals surface area contributed by atoms with Crippen LogP contribution in [0.1, 0.15) is 47.7 Å². The second-order valence-corrected chi connectivity index (χ2v) is 8.58. The van der Waals surface area contributed by atoms with Gasteiger partial charge in [-0.3, -0.25) is 9.80 Å². The lowest BCUT2D eigenvalue weighted by Crippen LogP contribution is -2.38. The molecule has 2 aromatic carbocycles. The van der Waals surface area contributed by atoms with Crippen LogP contribution in [0.25, 0.3) is 10.9 Å². The maximum Gasteiger partial charge on any atom is 0.0459 e. The van der Waals surface area contributed by atoms with Crippen LogP contribution in [0, 0.1) is 0 Å². The number of aromatic amines is 1. The molecule has 3 aromatic rings. The van der Waals surface area contributed by atoms with Gasteiger partial charge < -0.3 is 4.98 Å². The molecule has 6 rings (SSSR count). The topological polar surface area (TPSA) is 22.3 Å². The molecule has 2 atom stereocenters. The monoisotopic (exact) mass is 357 g/mol. The zero-order valence-electron chi connectivity index (χ0n) is 15.8. The van der Waals surface area contributed by atoms with E-state index in [1.54, 1.807) is 5.56 Å². The molecule has 0 amide bonds. The van der Waals surface area contributed by atoms with E-state index in [9.17, 15) is 0 Å². The van der Waals surface area contributed by atoms with Crippen molar-refractivity contribution in [2.24, 2.45) is 0 Å². The third kappa shape index (κ3) is 2.56. The molecule has 3 aliphatic heterocycles. The fourth-order valence-corrected chi connectivity index (χ4v) is 5.84. The number of para-hydroxylation sites is 1. The van der Waals surface area contributed by atoms with Crippen LogP contribution in [0.5, 0.6) is 0 Å². The first-order valence-corrected chi connectivity index (χ1v) is 10.5. The van der Waals surface area contributed by atoms with Crippen molar-refractivity contribution in [3.63, 3.8) is 0 Å². The van der Waals surface area contributed by atoms with Crippen molar-refractivity contribution in [3.8, 4) is 0 Å². The molecule has 1 fully saturated rings. The molecule has 0 aliphatic carbocycles. The van der Waals surface area contributed by atoms with Crippen molar-refractivity contribution < 1.29 is 0 Å². The summed E-state index contributed by atoms with van der Waals surface area (Å²) < 4.78 is 0. The minimum absolute atomic E-state index is 0.630. The number of nitrogens with one attached hydrogen (secondary N) is 1. The average molecular weight is 358 g/mol. The summed E-state index contributed by atoms with van der Waals surface area (Å²) in [4.78, 5) is 9.16. The number of hydrogen-bond acceptors (Lipinski definition) is 2. The summed E-state index contributed by atoms with van der Waals surface area (Å²) in [6.45, 7) is 4.72. The Labute approximate surface area is 161 Å². The summed E-state index contributed by atoms with van der Waals surface area (Å²) in [5.74, 6) is 0. The lowest BCUT2D eigenvalue weighted by molar-refractivity contribution is 0.162. The van der Waals surface area contributed by atoms with Crippen molar-refractivity contribution in [1.82, 2.24) is 14.8 Å². The fourth-order valence-electron chi connectivity index (χ4n) is 5.84. The molecular formula is C24H27N3. The van der Waals surface area contributed by atoms with E-state index < -0.39 is 0 Å². The standard InChI is InChI=1S/C24H27N3/c1-2-7-18-16-26(15-17(18)6-1)12-5-13-27-19-10-11-23(27)24-20-8-3-4-9-21(20)25-22(24)14-19/h1-4,6-9,19,23,25H,5,10-16H2. The van der Waals surface area contributed by atoms with Gasteiger partial charge in [0.25, 0.3) is 0 Å². The number of rotatable bonds is 4. The summed E-state index contributed by atoms with van der Waals surface area (Å²) in [5, 5.41) is 1.46. The summed E-state index contributed by atoms with van der Waals surface area (Å²) >= 11 is 0. The third-order valence-electron chi connectivity index (χ3n) is 7.04. The van der Waals surface area contributed by atoms with Gasteiger partial charge in [0.2, 0.25) is 0 Å². The molecule has 3 aliphatic rings. The molecule has 0 saturated carbocycles. The highest BCUT2D eigenvalue weighted by Gasteiger charge is 2.41. The van der Waals surface area contributed by atoms with Crippen LogP contribution in [-0.2, 0) is 19.5 Å². The molecule has 1 aromatic heterocycles. The molecule has 4 heterocycles. The molecule has 2 unspecified atom stereocenters. The van der Waals surface area contributed by atoms with E-state index in [-0.39, 0.29) is 0 Å². The summed E-state index contributed by atoms with van der Waals surface area (Å²) in [7, 11) is 0. The Morgan fingerprint density at radius 3 is 2.52 bits per heavy atom. The van der Waals surface area contributed by atoms with Gasteiger partial charge >= 0.3 is 0 Å². The van der Waals surface area contributed by atoms with Gasteiger partial charge in [0.1, 0.15) is 0 Å². The van der Waals surface area contributed by atoms with E-state index >= 15 is 0 Å². The van der Waals surface area contributed by atoms with Crippen LogP contribution in [0.3, 0.4) is 0 Å². The molecule has 0 spiro atoms. The maximum absolute atomic E-state index is 3.71. The van der Waals surface area contributed by atoms with Crippen molar-refractivity contribution in [2.75, 3.05) is 13.1 Å². The molecule has 1 N–H and O–H groups in total. The molecule has 27 heavy (non-hydrogen) atoms. The van der Waals surface area contributed by atoms with Crippen LogP contribution in [-0.4, -0.2) is 33.9 Å². The number of fused-ring (bicyclic) bond motifs is 7. The lowest BCUT2D eigenvalue weighted by Gasteiger charge is -2.35. The van der Waals surface area contributed by atoms with Gasteiger partial charge in [-0.25, -0.2) is 0 Å². The largest absolute Gasteiger partial charge is 0.358 e. The Bertz CT molecular complexity index is 963.